The molecule has 0 unspecified atom stereocenters. The lowest BCUT2D eigenvalue weighted by Gasteiger charge is -2.19. The molecule has 0 bridgehead atoms. The first-order chi connectivity index (χ1) is 16.9. The summed E-state index contributed by atoms with van der Waals surface area (Å²) in [5.74, 6) is -0.694. The molecule has 0 saturated carbocycles. The van der Waals surface area contributed by atoms with Gasteiger partial charge in [-0.1, -0.05) is 66.2 Å². The smallest absolute Gasteiger partial charge is 0.253 e. The Morgan fingerprint density at radius 2 is 1.54 bits per heavy atom. The molecule has 0 aliphatic carbocycles. The number of fused-ring (bicyclic) bond motifs is 1. The van der Waals surface area contributed by atoms with Crippen molar-refractivity contribution in [3.8, 4) is 0 Å². The zero-order valence-corrected chi connectivity index (χ0v) is 19.8. The van der Waals surface area contributed by atoms with Crippen LogP contribution in [0.4, 0.5) is 0 Å². The van der Waals surface area contributed by atoms with Gasteiger partial charge in [0.15, 0.2) is 0 Å². The maximum Gasteiger partial charge on any atom is 0.253 e. The van der Waals surface area contributed by atoms with Gasteiger partial charge in [-0.3, -0.25) is 25.2 Å². The molecule has 35 heavy (non-hydrogen) atoms. The Hall–Kier alpha value is -4.17. The SMILES string of the molecule is Cn1c(CC(=O)NNC(=O)C[C@@H](NC(=O)c2ccccc2Cl)c2ccccc2)nc2ccccc21. The number of carbonyl (C=O) groups is 3. The number of nitrogens with one attached hydrogen (secondary N) is 3. The van der Waals surface area contributed by atoms with Crippen LogP contribution in [0.15, 0.2) is 78.9 Å². The van der Waals surface area contributed by atoms with Crippen molar-refractivity contribution in [1.82, 2.24) is 25.7 Å². The summed E-state index contributed by atoms with van der Waals surface area (Å²) >= 11 is 6.15. The first-order valence-electron chi connectivity index (χ1n) is 11.0. The van der Waals surface area contributed by atoms with E-state index in [1.165, 1.54) is 0 Å². The Labute approximate surface area is 207 Å². The van der Waals surface area contributed by atoms with Crippen molar-refractivity contribution in [1.29, 1.82) is 0 Å². The Morgan fingerprint density at radius 1 is 0.886 bits per heavy atom. The number of carbonyl (C=O) groups excluding carboxylic acids is 3. The highest BCUT2D eigenvalue weighted by atomic mass is 35.5. The fourth-order valence-electron chi connectivity index (χ4n) is 3.74. The van der Waals surface area contributed by atoms with Crippen LogP contribution in [0.5, 0.6) is 0 Å². The molecule has 0 aliphatic heterocycles. The molecule has 1 atom stereocenters. The quantitative estimate of drug-likeness (QED) is 0.346. The Morgan fingerprint density at radius 3 is 2.29 bits per heavy atom. The molecule has 0 saturated heterocycles. The molecule has 1 aromatic heterocycles. The molecule has 3 N–H and O–H groups in total. The normalized spacial score (nSPS) is 11.6. The third-order valence-corrected chi connectivity index (χ3v) is 5.88. The molecule has 3 amide bonds. The van der Waals surface area contributed by atoms with Crippen LogP contribution in [0.1, 0.15) is 34.2 Å². The third kappa shape index (κ3) is 5.85. The van der Waals surface area contributed by atoms with E-state index < -0.39 is 23.8 Å². The summed E-state index contributed by atoms with van der Waals surface area (Å²) in [5, 5.41) is 3.18. The van der Waals surface area contributed by atoms with Crippen LogP contribution in [0.25, 0.3) is 11.0 Å². The number of imidazole rings is 1. The monoisotopic (exact) mass is 489 g/mol. The number of hydrogen-bond donors (Lipinski definition) is 3. The number of aromatic nitrogens is 2. The van der Waals surface area contributed by atoms with E-state index in [4.69, 9.17) is 11.6 Å². The Balaban J connectivity index is 1.38. The van der Waals surface area contributed by atoms with E-state index in [9.17, 15) is 14.4 Å². The fraction of sp³-hybridized carbons (Fsp3) is 0.154. The summed E-state index contributed by atoms with van der Waals surface area (Å²) in [5.41, 5.74) is 7.62. The van der Waals surface area contributed by atoms with E-state index in [2.05, 4.69) is 21.2 Å². The lowest BCUT2D eigenvalue weighted by Crippen LogP contribution is -2.44. The minimum absolute atomic E-state index is 0.00316. The van der Waals surface area contributed by atoms with E-state index in [-0.39, 0.29) is 12.8 Å². The van der Waals surface area contributed by atoms with Gasteiger partial charge in [-0.05, 0) is 29.8 Å². The number of amides is 3. The van der Waals surface area contributed by atoms with Gasteiger partial charge in [0.2, 0.25) is 11.8 Å². The topological polar surface area (TPSA) is 105 Å². The molecule has 0 fully saturated rings. The largest absolute Gasteiger partial charge is 0.345 e. The van der Waals surface area contributed by atoms with Gasteiger partial charge in [-0.2, -0.15) is 0 Å². The van der Waals surface area contributed by atoms with E-state index >= 15 is 0 Å². The maximum atomic E-state index is 12.8. The molecule has 0 radical (unpaired) electrons. The van der Waals surface area contributed by atoms with Gasteiger partial charge in [0.05, 0.1) is 40.5 Å². The van der Waals surface area contributed by atoms with E-state index in [0.29, 0.717) is 16.4 Å². The highest BCUT2D eigenvalue weighted by molar-refractivity contribution is 6.33. The minimum Gasteiger partial charge on any atom is -0.345 e. The van der Waals surface area contributed by atoms with Crippen LogP contribution < -0.4 is 16.2 Å². The van der Waals surface area contributed by atoms with Crippen LogP contribution in [-0.2, 0) is 23.1 Å². The van der Waals surface area contributed by atoms with Gasteiger partial charge in [0.25, 0.3) is 5.91 Å². The minimum atomic E-state index is -0.628. The number of rotatable bonds is 7. The molecule has 1 heterocycles. The zero-order valence-electron chi connectivity index (χ0n) is 19.0. The number of hydrogen-bond acceptors (Lipinski definition) is 4. The molecule has 0 aliphatic rings. The summed E-state index contributed by atoms with van der Waals surface area (Å²) in [6, 6.07) is 22.8. The lowest BCUT2D eigenvalue weighted by atomic mass is 10.0. The number of aryl methyl sites for hydroxylation is 1. The van der Waals surface area contributed by atoms with Crippen LogP contribution in [0.2, 0.25) is 5.02 Å². The van der Waals surface area contributed by atoms with E-state index in [1.54, 1.807) is 24.3 Å². The van der Waals surface area contributed by atoms with Gasteiger partial charge in [-0.15, -0.1) is 0 Å². The molecule has 4 aromatic rings. The summed E-state index contributed by atoms with van der Waals surface area (Å²) in [6.07, 6.45) is -0.0937. The highest BCUT2D eigenvalue weighted by Crippen LogP contribution is 2.20. The standard InChI is InChI=1S/C26H24ClN5O3/c1-32-22-14-8-7-13-20(22)28-23(32)16-25(34)31-30-24(33)15-21(17-9-3-2-4-10-17)29-26(35)18-11-5-6-12-19(18)27/h2-14,21H,15-16H2,1H3,(H,29,35)(H,30,33)(H,31,34)/t21-/m1/s1. The molecule has 178 valence electrons. The number of para-hydroxylation sites is 2. The summed E-state index contributed by atoms with van der Waals surface area (Å²) < 4.78 is 1.84. The lowest BCUT2D eigenvalue weighted by molar-refractivity contribution is -0.128. The third-order valence-electron chi connectivity index (χ3n) is 5.56. The van der Waals surface area contributed by atoms with Crippen molar-refractivity contribution in [2.45, 2.75) is 18.9 Å². The maximum absolute atomic E-state index is 12.8. The number of halogens is 1. The van der Waals surface area contributed by atoms with Crippen molar-refractivity contribution in [2.75, 3.05) is 0 Å². The zero-order chi connectivity index (χ0) is 24.8. The second kappa shape index (κ2) is 10.8. The predicted octanol–water partition coefficient (Wildman–Crippen LogP) is 3.48. The van der Waals surface area contributed by atoms with Gasteiger partial charge >= 0.3 is 0 Å². The first kappa shape index (κ1) is 24.0. The number of nitrogens with zero attached hydrogens (tertiary/aromatic N) is 2. The Kier molecular flexibility index (Phi) is 7.42. The fourth-order valence-corrected chi connectivity index (χ4v) is 3.96. The van der Waals surface area contributed by atoms with Crippen LogP contribution in [-0.4, -0.2) is 27.3 Å². The van der Waals surface area contributed by atoms with Crippen LogP contribution in [0, 0.1) is 0 Å². The first-order valence-corrected chi connectivity index (χ1v) is 11.4. The molecule has 4 rings (SSSR count). The van der Waals surface area contributed by atoms with Gasteiger partial charge in [-0.25, -0.2) is 4.98 Å². The molecule has 0 spiro atoms. The molecular weight excluding hydrogens is 466 g/mol. The summed E-state index contributed by atoms with van der Waals surface area (Å²) in [7, 11) is 1.84. The predicted molar refractivity (Wildman–Crippen MR) is 133 cm³/mol. The van der Waals surface area contributed by atoms with Gasteiger partial charge < -0.3 is 9.88 Å². The highest BCUT2D eigenvalue weighted by Gasteiger charge is 2.21. The van der Waals surface area contributed by atoms with Crippen molar-refractivity contribution in [3.05, 3.63) is 101 Å². The van der Waals surface area contributed by atoms with E-state index in [1.807, 2.05) is 66.2 Å². The van der Waals surface area contributed by atoms with Crippen LogP contribution >= 0.6 is 11.6 Å². The molecule has 3 aromatic carbocycles. The van der Waals surface area contributed by atoms with Crippen molar-refractivity contribution in [3.63, 3.8) is 0 Å². The van der Waals surface area contributed by atoms with Crippen LogP contribution in [0.3, 0.4) is 0 Å². The van der Waals surface area contributed by atoms with Crippen molar-refractivity contribution < 1.29 is 14.4 Å². The number of hydrazine groups is 1. The van der Waals surface area contributed by atoms with Crippen molar-refractivity contribution >= 4 is 40.4 Å². The average Bonchev–Trinajstić information content (AvgIpc) is 3.18. The average molecular weight is 490 g/mol. The molecule has 9 heteroatoms. The van der Waals surface area contributed by atoms with E-state index in [0.717, 1.165) is 16.6 Å². The van der Waals surface area contributed by atoms with Crippen molar-refractivity contribution in [2.24, 2.45) is 7.05 Å². The second-order valence-corrected chi connectivity index (χ2v) is 8.38. The summed E-state index contributed by atoms with van der Waals surface area (Å²) in [6.45, 7) is 0. The molecular formula is C26H24ClN5O3. The Bertz CT molecular complexity index is 1370. The summed E-state index contributed by atoms with van der Waals surface area (Å²) in [4.78, 5) is 42.4. The molecule has 8 nitrogen and oxygen atoms in total. The second-order valence-electron chi connectivity index (χ2n) is 7.97. The van der Waals surface area contributed by atoms with Gasteiger partial charge in [0.1, 0.15) is 5.82 Å². The number of benzene rings is 3. The van der Waals surface area contributed by atoms with Gasteiger partial charge in [0, 0.05) is 7.05 Å².